The van der Waals surface area contributed by atoms with Gasteiger partial charge in [0.2, 0.25) is 0 Å². The fourth-order valence-corrected chi connectivity index (χ4v) is 8.19. The Bertz CT molecular complexity index is 1250. The Kier molecular flexibility index (Phi) is 5.72. The van der Waals surface area contributed by atoms with Gasteiger partial charge in [-0.15, -0.1) is 0 Å². The van der Waals surface area contributed by atoms with E-state index in [0.717, 1.165) is 18.3 Å². The molecule has 0 radical (unpaired) electrons. The zero-order valence-electron chi connectivity index (χ0n) is 18.6. The van der Waals surface area contributed by atoms with E-state index >= 15 is 4.39 Å². The Balaban J connectivity index is 1.79. The maximum Gasteiger partial charge on any atom is 0.410 e. The number of aliphatic imine (C=N–C) groups is 1. The van der Waals surface area contributed by atoms with Crippen LogP contribution in [0.2, 0.25) is 0 Å². The van der Waals surface area contributed by atoms with Gasteiger partial charge in [-0.3, -0.25) is 24.0 Å². The van der Waals surface area contributed by atoms with Gasteiger partial charge in [-0.2, -0.15) is 0 Å². The van der Waals surface area contributed by atoms with Crippen molar-refractivity contribution >= 4 is 33.8 Å². The van der Waals surface area contributed by atoms with Crippen molar-refractivity contribution < 1.29 is 27.7 Å². The molecule has 2 aromatic rings. The molecule has 34 heavy (non-hydrogen) atoms. The standard InChI is InChI=1S/C21H24F2N6O4S/c1-20(2)18(28-19(31)32)29-21(3,14-8-9-25-34(14,20)33)16-12(23)5-7-15(26-16)27-17(30)13-6-4-11(22)10-24-13/h4-7,10,14,34H,8-9H2,1-3H3,(H,25,33)(H,28,29)(H,31,32)(H,26,27,30)/t14-,21-/m0/s1. The molecule has 0 spiro atoms. The van der Waals surface area contributed by atoms with Crippen LogP contribution in [-0.4, -0.2) is 53.7 Å². The molecule has 13 heteroatoms. The van der Waals surface area contributed by atoms with Crippen LogP contribution in [0, 0.1) is 11.6 Å². The summed E-state index contributed by atoms with van der Waals surface area (Å²) in [5, 5.41) is 13.4. The number of amides is 2. The maximum atomic E-state index is 15.1. The third-order valence-electron chi connectivity index (χ3n) is 6.36. The summed E-state index contributed by atoms with van der Waals surface area (Å²) in [5.41, 5.74) is -1.76. The molecule has 0 saturated carbocycles. The number of hydrogen-bond acceptors (Lipinski definition) is 6. The van der Waals surface area contributed by atoms with Crippen LogP contribution in [0.1, 0.15) is 43.4 Å². The van der Waals surface area contributed by atoms with Crippen LogP contribution in [0.15, 0.2) is 35.5 Å². The topological polar surface area (TPSA) is 146 Å². The third-order valence-corrected chi connectivity index (χ3v) is 10.6. The number of hydrogen-bond donors (Lipinski definition) is 5. The van der Waals surface area contributed by atoms with E-state index in [2.05, 4.69) is 30.3 Å². The lowest BCUT2D eigenvalue weighted by molar-refractivity contribution is 0.102. The van der Waals surface area contributed by atoms with Crippen molar-refractivity contribution in [2.24, 2.45) is 4.99 Å². The van der Waals surface area contributed by atoms with Gasteiger partial charge >= 0.3 is 6.09 Å². The number of aromatic nitrogens is 2. The lowest BCUT2D eigenvalue weighted by Gasteiger charge is -2.50. The second-order valence-corrected chi connectivity index (χ2v) is 12.2. The van der Waals surface area contributed by atoms with Gasteiger partial charge in [0.15, 0.2) is 0 Å². The van der Waals surface area contributed by atoms with E-state index in [1.165, 1.54) is 12.1 Å². The third kappa shape index (κ3) is 3.74. The molecule has 10 nitrogen and oxygen atoms in total. The summed E-state index contributed by atoms with van der Waals surface area (Å²) in [6.45, 7) is 5.19. The average Bonchev–Trinajstić information content (AvgIpc) is 3.18. The first-order valence-electron chi connectivity index (χ1n) is 10.4. The van der Waals surface area contributed by atoms with Crippen molar-refractivity contribution in [3.63, 3.8) is 0 Å². The minimum atomic E-state index is -3.34. The van der Waals surface area contributed by atoms with Crippen molar-refractivity contribution in [2.45, 2.75) is 42.7 Å². The smallest absolute Gasteiger partial charge is 0.410 e. The van der Waals surface area contributed by atoms with Crippen LogP contribution in [0.5, 0.6) is 0 Å². The van der Waals surface area contributed by atoms with E-state index in [0.29, 0.717) is 13.0 Å². The van der Waals surface area contributed by atoms with Crippen molar-refractivity contribution in [2.75, 3.05) is 11.9 Å². The zero-order valence-corrected chi connectivity index (χ0v) is 19.5. The highest BCUT2D eigenvalue weighted by molar-refractivity contribution is 8.04. The van der Waals surface area contributed by atoms with Crippen LogP contribution < -0.4 is 15.4 Å². The van der Waals surface area contributed by atoms with E-state index in [9.17, 15) is 23.3 Å². The molecule has 182 valence electrons. The van der Waals surface area contributed by atoms with Crippen LogP contribution in [-0.2, 0) is 15.7 Å². The quantitative estimate of drug-likeness (QED) is 0.413. The van der Waals surface area contributed by atoms with Crippen LogP contribution in [0.4, 0.5) is 19.4 Å². The molecule has 0 unspecified atom stereocenters. The molecule has 0 bridgehead atoms. The molecular weight excluding hydrogens is 470 g/mol. The van der Waals surface area contributed by atoms with Crippen molar-refractivity contribution in [1.82, 2.24) is 20.0 Å². The fourth-order valence-electron chi connectivity index (χ4n) is 4.53. The van der Waals surface area contributed by atoms with Crippen molar-refractivity contribution in [3.8, 4) is 0 Å². The Morgan fingerprint density at radius 3 is 2.56 bits per heavy atom. The van der Waals surface area contributed by atoms with E-state index < -0.39 is 49.3 Å². The predicted molar refractivity (Wildman–Crippen MR) is 122 cm³/mol. The molecule has 2 amide bonds. The number of halogens is 2. The van der Waals surface area contributed by atoms with Gasteiger partial charge in [0.05, 0.1) is 16.2 Å². The summed E-state index contributed by atoms with van der Waals surface area (Å²) in [6, 6.07) is 4.60. The molecule has 2 atom stereocenters. The number of carbonyl (C=O) groups excluding carboxylic acids is 1. The highest BCUT2D eigenvalue weighted by atomic mass is 32.3. The molecule has 0 aromatic carbocycles. The van der Waals surface area contributed by atoms with Gasteiger partial charge < -0.3 is 10.4 Å². The molecule has 1 saturated heterocycles. The molecule has 2 aromatic heterocycles. The van der Waals surface area contributed by atoms with Crippen LogP contribution >= 0.6 is 0 Å². The summed E-state index contributed by atoms with van der Waals surface area (Å²) in [7, 11) is -3.34. The number of carboxylic acid groups (broad SMARTS) is 1. The number of fused-ring (bicyclic) bond motifs is 1. The molecule has 4 rings (SSSR count). The van der Waals surface area contributed by atoms with Gasteiger partial charge in [0.1, 0.15) is 40.2 Å². The normalized spacial score (nSPS) is 25.6. The monoisotopic (exact) mass is 494 g/mol. The summed E-state index contributed by atoms with van der Waals surface area (Å²) in [4.78, 5) is 36.4. The minimum absolute atomic E-state index is 0.0256. The lowest BCUT2D eigenvalue weighted by atomic mass is 9.89. The Morgan fingerprint density at radius 1 is 1.18 bits per heavy atom. The summed E-state index contributed by atoms with van der Waals surface area (Å²) in [5.74, 6) is -2.14. The number of amidine groups is 1. The largest absolute Gasteiger partial charge is 0.465 e. The molecule has 0 aliphatic carbocycles. The number of nitrogens with zero attached hydrogens (tertiary/aromatic N) is 3. The number of nitrogens with one attached hydrogen (secondary N) is 3. The maximum absolute atomic E-state index is 15.1. The van der Waals surface area contributed by atoms with Crippen LogP contribution in [0.25, 0.3) is 0 Å². The molecule has 2 aliphatic rings. The number of thiol groups is 1. The Morgan fingerprint density at radius 2 is 1.91 bits per heavy atom. The Hall–Kier alpha value is -3.32. The van der Waals surface area contributed by atoms with Gasteiger partial charge in [-0.25, -0.2) is 23.5 Å². The van der Waals surface area contributed by atoms with Gasteiger partial charge in [-0.1, -0.05) is 0 Å². The Labute approximate surface area is 194 Å². The number of rotatable bonds is 3. The summed E-state index contributed by atoms with van der Waals surface area (Å²) >= 11 is 0. The van der Waals surface area contributed by atoms with Crippen molar-refractivity contribution in [1.29, 1.82) is 0 Å². The van der Waals surface area contributed by atoms with Gasteiger partial charge in [0.25, 0.3) is 5.91 Å². The highest BCUT2D eigenvalue weighted by Gasteiger charge is 2.59. The van der Waals surface area contributed by atoms with E-state index in [1.807, 2.05) is 0 Å². The number of anilines is 1. The van der Waals surface area contributed by atoms with Gasteiger partial charge in [0, 0.05) is 6.54 Å². The fraction of sp³-hybridized carbons (Fsp3) is 0.381. The first-order valence-corrected chi connectivity index (χ1v) is 12.2. The SMILES string of the molecule is CC1(C)C(NC(=O)O)=N[C@](C)(c2nc(NC(=O)c3ccc(F)cn3)ccc2F)[C@@H]2CCN[SH]21=O. The first kappa shape index (κ1) is 23.8. The molecule has 1 fully saturated rings. The molecule has 4 N–H and O–H groups in total. The van der Waals surface area contributed by atoms with Crippen molar-refractivity contribution in [3.05, 3.63) is 53.5 Å². The summed E-state index contributed by atoms with van der Waals surface area (Å²) in [6.07, 6.45) is -0.0997. The summed E-state index contributed by atoms with van der Waals surface area (Å²) < 4.78 is 44.2. The van der Waals surface area contributed by atoms with Gasteiger partial charge in [-0.05, 0) is 61.6 Å². The molecule has 2 aliphatic heterocycles. The van der Waals surface area contributed by atoms with E-state index in [4.69, 9.17) is 0 Å². The second-order valence-electron chi connectivity index (χ2n) is 8.81. The first-order chi connectivity index (χ1) is 15.9. The van der Waals surface area contributed by atoms with Crippen LogP contribution in [0.3, 0.4) is 0 Å². The van der Waals surface area contributed by atoms with E-state index in [1.54, 1.807) is 20.8 Å². The predicted octanol–water partition coefficient (Wildman–Crippen LogP) is 1.97. The highest BCUT2D eigenvalue weighted by Crippen LogP contribution is 2.48. The minimum Gasteiger partial charge on any atom is -0.465 e. The molecular formula is C21H24F2N6O4S. The zero-order chi connectivity index (χ0) is 24.9. The number of pyridine rings is 2. The number of carbonyl (C=O) groups is 2. The second kappa shape index (κ2) is 8.17. The average molecular weight is 495 g/mol. The lowest BCUT2D eigenvalue weighted by Crippen LogP contribution is -2.66. The van der Waals surface area contributed by atoms with E-state index in [-0.39, 0.29) is 23.0 Å². The molecule has 4 heterocycles.